The van der Waals surface area contributed by atoms with Crippen LogP contribution in [-0.4, -0.2) is 41.0 Å². The molecule has 3 amide bonds. The molecule has 0 unspecified atom stereocenters. The number of amides is 3. The van der Waals surface area contributed by atoms with Crippen molar-refractivity contribution >= 4 is 40.9 Å². The Kier molecular flexibility index (Phi) is 7.52. The number of para-hydroxylation sites is 1. The molecule has 1 saturated heterocycles. The molecule has 2 aromatic carbocycles. The second kappa shape index (κ2) is 10.3. The first-order valence-corrected chi connectivity index (χ1v) is 11.0. The largest absolute Gasteiger partial charge is 0.341 e. The molecule has 0 aromatic heterocycles. The second-order valence-corrected chi connectivity index (χ2v) is 8.86. The van der Waals surface area contributed by atoms with E-state index in [0.717, 1.165) is 29.1 Å². The van der Waals surface area contributed by atoms with Crippen LogP contribution in [0.3, 0.4) is 0 Å². The van der Waals surface area contributed by atoms with Gasteiger partial charge in [0, 0.05) is 36.3 Å². The molecule has 3 rings (SSSR count). The van der Waals surface area contributed by atoms with Gasteiger partial charge in [0.05, 0.1) is 11.2 Å². The summed E-state index contributed by atoms with van der Waals surface area (Å²) in [6.45, 7) is 4.49. The summed E-state index contributed by atoms with van der Waals surface area (Å²) < 4.78 is 0. The van der Waals surface area contributed by atoms with Gasteiger partial charge >= 0.3 is 0 Å². The predicted octanol–water partition coefficient (Wildman–Crippen LogP) is 4.00. The van der Waals surface area contributed by atoms with Crippen LogP contribution in [-0.2, 0) is 14.4 Å². The van der Waals surface area contributed by atoms with E-state index >= 15 is 0 Å². The topological polar surface area (TPSA) is 78.5 Å². The highest BCUT2D eigenvalue weighted by Crippen LogP contribution is 2.28. The van der Waals surface area contributed by atoms with Gasteiger partial charge in [0.25, 0.3) is 0 Å². The minimum Gasteiger partial charge on any atom is -0.341 e. The maximum absolute atomic E-state index is 13.0. The van der Waals surface area contributed by atoms with E-state index in [0.29, 0.717) is 13.1 Å². The number of anilines is 2. The number of piperidine rings is 1. The fourth-order valence-corrected chi connectivity index (χ4v) is 4.44. The molecular formula is C23H27N3O3S. The molecule has 0 saturated carbocycles. The highest BCUT2D eigenvalue weighted by Gasteiger charge is 2.30. The van der Waals surface area contributed by atoms with Gasteiger partial charge in [-0.3, -0.25) is 14.4 Å². The molecule has 1 aliphatic heterocycles. The van der Waals surface area contributed by atoms with Crippen LogP contribution in [0.15, 0.2) is 59.5 Å². The van der Waals surface area contributed by atoms with Crippen molar-refractivity contribution in [1.82, 2.24) is 4.90 Å². The lowest BCUT2D eigenvalue weighted by molar-refractivity contribution is -0.133. The maximum Gasteiger partial charge on any atom is 0.235 e. The van der Waals surface area contributed by atoms with Gasteiger partial charge < -0.3 is 15.5 Å². The Morgan fingerprint density at radius 1 is 1.00 bits per heavy atom. The van der Waals surface area contributed by atoms with E-state index in [4.69, 9.17) is 0 Å². The van der Waals surface area contributed by atoms with E-state index in [2.05, 4.69) is 10.6 Å². The minimum atomic E-state index is -0.257. The van der Waals surface area contributed by atoms with Crippen molar-refractivity contribution in [3.63, 3.8) is 0 Å². The molecule has 1 aliphatic rings. The van der Waals surface area contributed by atoms with Crippen LogP contribution < -0.4 is 10.6 Å². The number of carbonyl (C=O) groups is 3. The van der Waals surface area contributed by atoms with Gasteiger partial charge in [0.1, 0.15) is 0 Å². The Labute approximate surface area is 181 Å². The standard InChI is InChI=1S/C23H27N3O3S/c1-16(30-21-12-10-20(11-13-21)24-17(2)27)23(29)26-14-6-7-18(15-26)22(28)25-19-8-4-3-5-9-19/h3-5,8-13,16,18H,6-7,14-15H2,1-2H3,(H,24,27)(H,25,28)/t16-,18+/m0/s1. The minimum absolute atomic E-state index is 0.0347. The van der Waals surface area contributed by atoms with Crippen molar-refractivity contribution < 1.29 is 14.4 Å². The van der Waals surface area contributed by atoms with Crippen LogP contribution in [0.4, 0.5) is 11.4 Å². The maximum atomic E-state index is 13.0. The molecule has 1 heterocycles. The van der Waals surface area contributed by atoms with Crippen molar-refractivity contribution in [3.05, 3.63) is 54.6 Å². The van der Waals surface area contributed by atoms with Gasteiger partial charge in [-0.15, -0.1) is 11.8 Å². The normalized spacial score (nSPS) is 17.1. The summed E-state index contributed by atoms with van der Waals surface area (Å²) in [6.07, 6.45) is 1.61. The lowest BCUT2D eigenvalue weighted by Gasteiger charge is -2.33. The van der Waals surface area contributed by atoms with E-state index in [1.165, 1.54) is 18.7 Å². The second-order valence-electron chi connectivity index (χ2n) is 7.44. The first-order chi connectivity index (χ1) is 14.4. The zero-order valence-electron chi connectivity index (χ0n) is 17.3. The molecule has 30 heavy (non-hydrogen) atoms. The fraction of sp³-hybridized carbons (Fsp3) is 0.348. The molecule has 158 valence electrons. The summed E-state index contributed by atoms with van der Waals surface area (Å²) in [5.41, 5.74) is 1.51. The summed E-state index contributed by atoms with van der Waals surface area (Å²) >= 11 is 1.48. The van der Waals surface area contributed by atoms with Gasteiger partial charge in [-0.1, -0.05) is 18.2 Å². The van der Waals surface area contributed by atoms with Crippen molar-refractivity contribution in [2.45, 2.75) is 36.8 Å². The summed E-state index contributed by atoms with van der Waals surface area (Å²) in [7, 11) is 0. The molecule has 0 spiro atoms. The number of hydrogen-bond donors (Lipinski definition) is 2. The Hall–Kier alpha value is -2.80. The molecular weight excluding hydrogens is 398 g/mol. The third kappa shape index (κ3) is 6.10. The third-order valence-corrected chi connectivity index (χ3v) is 6.08. The van der Waals surface area contributed by atoms with E-state index in [9.17, 15) is 14.4 Å². The van der Waals surface area contributed by atoms with Crippen LogP contribution >= 0.6 is 11.8 Å². The van der Waals surface area contributed by atoms with E-state index in [1.807, 2.05) is 66.4 Å². The van der Waals surface area contributed by atoms with E-state index in [-0.39, 0.29) is 28.9 Å². The van der Waals surface area contributed by atoms with Crippen LogP contribution in [0.25, 0.3) is 0 Å². The van der Waals surface area contributed by atoms with Gasteiger partial charge in [0.2, 0.25) is 17.7 Å². The monoisotopic (exact) mass is 425 g/mol. The van der Waals surface area contributed by atoms with Crippen molar-refractivity contribution in [1.29, 1.82) is 0 Å². The smallest absolute Gasteiger partial charge is 0.235 e. The SMILES string of the molecule is CC(=O)Nc1ccc(S[C@@H](C)C(=O)N2CCC[C@@H](C(=O)Nc3ccccc3)C2)cc1. The first kappa shape index (κ1) is 21.9. The molecule has 6 nitrogen and oxygen atoms in total. The Morgan fingerprint density at radius 3 is 2.33 bits per heavy atom. The zero-order chi connectivity index (χ0) is 21.5. The number of rotatable bonds is 6. The lowest BCUT2D eigenvalue weighted by Crippen LogP contribution is -2.46. The summed E-state index contributed by atoms with van der Waals surface area (Å²) in [5.74, 6) is -0.303. The highest BCUT2D eigenvalue weighted by atomic mass is 32.2. The lowest BCUT2D eigenvalue weighted by atomic mass is 9.96. The van der Waals surface area contributed by atoms with Gasteiger partial charge in [0.15, 0.2) is 0 Å². The van der Waals surface area contributed by atoms with Crippen LogP contribution in [0.5, 0.6) is 0 Å². The number of benzene rings is 2. The molecule has 1 fully saturated rings. The number of carbonyl (C=O) groups excluding carboxylic acids is 3. The van der Waals surface area contributed by atoms with Crippen molar-refractivity contribution in [2.75, 3.05) is 23.7 Å². The number of hydrogen-bond acceptors (Lipinski definition) is 4. The van der Waals surface area contributed by atoms with Gasteiger partial charge in [-0.25, -0.2) is 0 Å². The zero-order valence-corrected chi connectivity index (χ0v) is 18.1. The average Bonchev–Trinajstić information content (AvgIpc) is 2.75. The van der Waals surface area contributed by atoms with Crippen LogP contribution in [0.1, 0.15) is 26.7 Å². The van der Waals surface area contributed by atoms with Crippen molar-refractivity contribution in [3.8, 4) is 0 Å². The molecule has 0 radical (unpaired) electrons. The average molecular weight is 426 g/mol. The van der Waals surface area contributed by atoms with Gasteiger partial charge in [-0.05, 0) is 56.2 Å². The molecule has 2 atom stereocenters. The summed E-state index contributed by atoms with van der Waals surface area (Å²) in [6, 6.07) is 16.8. The van der Waals surface area contributed by atoms with Crippen LogP contribution in [0.2, 0.25) is 0 Å². The third-order valence-electron chi connectivity index (χ3n) is 4.98. The summed E-state index contributed by atoms with van der Waals surface area (Å²) in [5, 5.41) is 5.42. The molecule has 0 bridgehead atoms. The van der Waals surface area contributed by atoms with E-state index < -0.39 is 0 Å². The highest BCUT2D eigenvalue weighted by molar-refractivity contribution is 8.00. The van der Waals surface area contributed by atoms with Gasteiger partial charge in [-0.2, -0.15) is 0 Å². The molecule has 0 aliphatic carbocycles. The van der Waals surface area contributed by atoms with E-state index in [1.54, 1.807) is 0 Å². The molecule has 2 aromatic rings. The number of nitrogens with zero attached hydrogens (tertiary/aromatic N) is 1. The number of likely N-dealkylation sites (tertiary alicyclic amines) is 1. The Morgan fingerprint density at radius 2 is 1.67 bits per heavy atom. The Balaban J connectivity index is 1.54. The summed E-state index contributed by atoms with van der Waals surface area (Å²) in [4.78, 5) is 39.5. The first-order valence-electron chi connectivity index (χ1n) is 10.1. The number of thioether (sulfide) groups is 1. The quantitative estimate of drug-likeness (QED) is 0.686. The Bertz CT molecular complexity index is 886. The molecule has 7 heteroatoms. The van der Waals surface area contributed by atoms with Crippen molar-refractivity contribution in [2.24, 2.45) is 5.92 Å². The fourth-order valence-electron chi connectivity index (χ4n) is 3.49. The molecule has 2 N–H and O–H groups in total. The number of nitrogens with one attached hydrogen (secondary N) is 2. The predicted molar refractivity (Wildman–Crippen MR) is 120 cm³/mol. The van der Waals surface area contributed by atoms with Crippen LogP contribution in [0, 0.1) is 5.92 Å².